The number of hydrogen-bond acceptors (Lipinski definition) is 5. The van der Waals surface area contributed by atoms with Crippen molar-refractivity contribution in [3.63, 3.8) is 0 Å². The molecule has 6 N–H and O–H groups in total. The third-order valence-electron chi connectivity index (χ3n) is 4.54. The van der Waals surface area contributed by atoms with Gasteiger partial charge in [-0.3, -0.25) is 4.79 Å². The number of urea groups is 1. The fraction of sp³-hybridized carbons (Fsp3) is 0.500. The van der Waals surface area contributed by atoms with Crippen LogP contribution in [0.3, 0.4) is 0 Å². The molecule has 2 heterocycles. The molecule has 2 aliphatic heterocycles. The molecule has 0 unspecified atom stereocenters. The van der Waals surface area contributed by atoms with Crippen LogP contribution in [0.2, 0.25) is 0 Å². The minimum absolute atomic E-state index is 0.0640. The molecule has 3 atom stereocenters. The van der Waals surface area contributed by atoms with Crippen molar-refractivity contribution in [1.29, 1.82) is 0 Å². The van der Waals surface area contributed by atoms with E-state index in [1.807, 2.05) is 11.8 Å². The van der Waals surface area contributed by atoms with E-state index in [4.69, 9.17) is 15.9 Å². The predicted molar refractivity (Wildman–Crippen MR) is 103 cm³/mol. The van der Waals surface area contributed by atoms with Crippen LogP contribution in [-0.4, -0.2) is 51.3 Å². The number of carboxylic acids is 2. The summed E-state index contributed by atoms with van der Waals surface area (Å²) in [6.07, 6.45) is 2.88. The number of amides is 2. The number of unbranched alkanes of at least 4 members (excludes halogenated alkanes) is 1. The van der Waals surface area contributed by atoms with Crippen LogP contribution in [0, 0.1) is 0 Å². The quantitative estimate of drug-likeness (QED) is 0.349. The molecule has 0 bridgehead atoms. The molecule has 3 rings (SSSR count). The van der Waals surface area contributed by atoms with Gasteiger partial charge in [0.1, 0.15) is 0 Å². The van der Waals surface area contributed by atoms with Gasteiger partial charge in [0, 0.05) is 24.0 Å². The van der Waals surface area contributed by atoms with E-state index < -0.39 is 11.9 Å². The second-order valence-corrected chi connectivity index (χ2v) is 7.70. The predicted octanol–water partition coefficient (Wildman–Crippen LogP) is 1.64. The van der Waals surface area contributed by atoms with Crippen molar-refractivity contribution in [3.8, 4) is 0 Å². The van der Waals surface area contributed by atoms with Crippen molar-refractivity contribution >= 4 is 29.7 Å². The van der Waals surface area contributed by atoms with E-state index in [2.05, 4.69) is 10.6 Å². The summed E-state index contributed by atoms with van der Waals surface area (Å²) in [5.41, 5.74) is 6.28. The lowest BCUT2D eigenvalue weighted by atomic mass is 10.0. The maximum atomic E-state index is 11.1. The van der Waals surface area contributed by atoms with Crippen LogP contribution in [-0.2, 0) is 11.3 Å². The lowest BCUT2D eigenvalue weighted by Crippen LogP contribution is -2.36. The first-order chi connectivity index (χ1) is 12.9. The highest BCUT2D eigenvalue weighted by Gasteiger charge is 2.42. The van der Waals surface area contributed by atoms with E-state index in [1.165, 1.54) is 0 Å². The molecule has 2 aliphatic rings. The van der Waals surface area contributed by atoms with Gasteiger partial charge in [0.15, 0.2) is 0 Å². The van der Waals surface area contributed by atoms with Crippen LogP contribution >= 0.6 is 11.8 Å². The van der Waals surface area contributed by atoms with Gasteiger partial charge in [-0.25, -0.2) is 9.59 Å². The molecule has 2 saturated heterocycles. The minimum atomic E-state index is -0.925. The molecule has 9 heteroatoms. The Hall–Kier alpha value is -2.26. The molecule has 2 amide bonds. The second-order valence-electron chi connectivity index (χ2n) is 6.43. The molecule has 0 aliphatic carbocycles. The van der Waals surface area contributed by atoms with Crippen molar-refractivity contribution in [2.75, 3.05) is 5.75 Å². The van der Waals surface area contributed by atoms with Crippen LogP contribution in [0.1, 0.15) is 41.6 Å². The molecule has 1 aromatic rings. The molecule has 2 fully saturated rings. The number of rotatable bonds is 7. The Morgan fingerprint density at radius 2 is 1.93 bits per heavy atom. The van der Waals surface area contributed by atoms with Crippen molar-refractivity contribution in [2.24, 2.45) is 5.73 Å². The van der Waals surface area contributed by atoms with Crippen LogP contribution in [0.25, 0.3) is 0 Å². The van der Waals surface area contributed by atoms with Crippen LogP contribution in [0.5, 0.6) is 0 Å². The monoisotopic (exact) mass is 395 g/mol. The summed E-state index contributed by atoms with van der Waals surface area (Å²) >= 11 is 1.87. The molecule has 8 nitrogen and oxygen atoms in total. The molecular weight excluding hydrogens is 370 g/mol. The molecule has 0 saturated carbocycles. The zero-order valence-corrected chi connectivity index (χ0v) is 15.7. The Labute approximate surface area is 161 Å². The van der Waals surface area contributed by atoms with E-state index in [0.717, 1.165) is 25.0 Å². The summed E-state index contributed by atoms with van der Waals surface area (Å²) in [4.78, 5) is 32.0. The summed E-state index contributed by atoms with van der Waals surface area (Å²) in [7, 11) is 0. The number of carbonyl (C=O) groups excluding carboxylic acids is 1. The summed E-state index contributed by atoms with van der Waals surface area (Å²) in [6, 6.07) is 7.15. The van der Waals surface area contributed by atoms with Crippen molar-refractivity contribution in [3.05, 3.63) is 35.4 Å². The van der Waals surface area contributed by atoms with Gasteiger partial charge >= 0.3 is 18.0 Å². The number of thioether (sulfide) groups is 1. The van der Waals surface area contributed by atoms with E-state index in [0.29, 0.717) is 10.8 Å². The Kier molecular flexibility index (Phi) is 7.93. The Balaban J connectivity index is 0.000000208. The van der Waals surface area contributed by atoms with Gasteiger partial charge in [-0.2, -0.15) is 11.8 Å². The number of benzene rings is 1. The largest absolute Gasteiger partial charge is 0.481 e. The van der Waals surface area contributed by atoms with Gasteiger partial charge in [-0.05, 0) is 24.5 Å². The number of nitrogens with one attached hydrogen (secondary N) is 2. The van der Waals surface area contributed by atoms with Gasteiger partial charge in [0.05, 0.1) is 17.6 Å². The molecule has 27 heavy (non-hydrogen) atoms. The Bertz CT molecular complexity index is 685. The fourth-order valence-corrected chi connectivity index (χ4v) is 4.72. The van der Waals surface area contributed by atoms with Gasteiger partial charge in [0.2, 0.25) is 0 Å². The van der Waals surface area contributed by atoms with Crippen molar-refractivity contribution < 1.29 is 24.6 Å². The summed E-state index contributed by atoms with van der Waals surface area (Å²) in [6.45, 7) is 0.266. The number of carbonyl (C=O) groups is 3. The average Bonchev–Trinajstić information content (AvgIpc) is 3.18. The van der Waals surface area contributed by atoms with E-state index in [1.54, 1.807) is 24.3 Å². The Morgan fingerprint density at radius 3 is 2.56 bits per heavy atom. The first-order valence-corrected chi connectivity index (χ1v) is 9.89. The summed E-state index contributed by atoms with van der Waals surface area (Å²) in [5.74, 6) is -0.689. The van der Waals surface area contributed by atoms with Gasteiger partial charge in [-0.1, -0.05) is 24.6 Å². The molecule has 0 aromatic heterocycles. The van der Waals surface area contributed by atoms with Crippen molar-refractivity contribution in [1.82, 2.24) is 10.6 Å². The molecule has 0 radical (unpaired) electrons. The zero-order valence-electron chi connectivity index (χ0n) is 14.9. The topological polar surface area (TPSA) is 142 Å². The molecule has 148 valence electrons. The number of hydrogen-bond donors (Lipinski definition) is 5. The van der Waals surface area contributed by atoms with E-state index in [-0.39, 0.29) is 36.6 Å². The molecule has 1 aromatic carbocycles. The van der Waals surface area contributed by atoms with Crippen LogP contribution in [0.4, 0.5) is 4.79 Å². The van der Waals surface area contributed by atoms with Gasteiger partial charge in [0.25, 0.3) is 0 Å². The highest BCUT2D eigenvalue weighted by Crippen LogP contribution is 2.33. The number of carboxylic acid groups (broad SMARTS) is 2. The standard InChI is InChI=1S/C10H16N2O3S.C8H9NO2/c13-8(14)4-2-1-3-7-9-6(5-16-7)11-10(15)12-9;9-5-6-3-1-2-4-7(6)8(10)11/h6-7,9H,1-5H2,(H,13,14)(H2,11,12,15);1-4H,5,9H2,(H,10,11)/t6-,7-,9-;/m0./s1. The maximum Gasteiger partial charge on any atom is 0.336 e. The lowest BCUT2D eigenvalue weighted by Gasteiger charge is -2.16. The maximum absolute atomic E-state index is 11.1. The third-order valence-corrected chi connectivity index (χ3v) is 6.04. The summed E-state index contributed by atoms with van der Waals surface area (Å²) in [5, 5.41) is 23.4. The number of nitrogens with two attached hydrogens (primary N) is 1. The smallest absolute Gasteiger partial charge is 0.336 e. The number of aromatic carboxylic acids is 1. The highest BCUT2D eigenvalue weighted by molar-refractivity contribution is 8.00. The number of aliphatic carboxylic acids is 1. The first kappa shape index (κ1) is 21.0. The number of fused-ring (bicyclic) bond motifs is 1. The average molecular weight is 395 g/mol. The second kappa shape index (κ2) is 10.2. The normalized spacial score (nSPS) is 22.9. The molecular formula is C18H25N3O5S. The SMILES string of the molecule is NCc1ccccc1C(=O)O.O=C(O)CCCC[C@@H]1SC[C@@H]2NC(=O)N[C@@H]21. The van der Waals surface area contributed by atoms with Crippen molar-refractivity contribution in [2.45, 2.75) is 49.6 Å². The first-order valence-electron chi connectivity index (χ1n) is 8.84. The van der Waals surface area contributed by atoms with Gasteiger partial charge < -0.3 is 26.6 Å². The summed E-state index contributed by atoms with van der Waals surface area (Å²) < 4.78 is 0. The molecule has 0 spiro atoms. The van der Waals surface area contributed by atoms with Gasteiger partial charge in [-0.15, -0.1) is 0 Å². The Morgan fingerprint density at radius 1 is 1.19 bits per heavy atom. The van der Waals surface area contributed by atoms with E-state index in [9.17, 15) is 14.4 Å². The fourth-order valence-electron chi connectivity index (χ4n) is 3.17. The third kappa shape index (κ3) is 6.14. The van der Waals surface area contributed by atoms with Crippen LogP contribution in [0.15, 0.2) is 24.3 Å². The zero-order chi connectivity index (χ0) is 19.8. The minimum Gasteiger partial charge on any atom is -0.481 e. The van der Waals surface area contributed by atoms with E-state index >= 15 is 0 Å². The van der Waals surface area contributed by atoms with Crippen LogP contribution < -0.4 is 16.4 Å². The lowest BCUT2D eigenvalue weighted by molar-refractivity contribution is -0.137. The highest BCUT2D eigenvalue weighted by atomic mass is 32.2.